The summed E-state index contributed by atoms with van der Waals surface area (Å²) in [4.78, 5) is 2.33. The summed E-state index contributed by atoms with van der Waals surface area (Å²) in [5.74, 6) is 1.25. The first-order valence-electron chi connectivity index (χ1n) is 7.06. The van der Waals surface area contributed by atoms with Gasteiger partial charge in [0.25, 0.3) is 0 Å². The van der Waals surface area contributed by atoms with E-state index in [1.54, 1.807) is 0 Å². The average Bonchev–Trinajstić information content (AvgIpc) is 2.62. The van der Waals surface area contributed by atoms with Gasteiger partial charge in [0, 0.05) is 32.7 Å². The van der Waals surface area contributed by atoms with Crippen LogP contribution in [0.3, 0.4) is 0 Å². The molecule has 0 unspecified atom stereocenters. The minimum atomic E-state index is 0.916. The van der Waals surface area contributed by atoms with Crippen molar-refractivity contribution in [2.24, 2.45) is 7.05 Å². The van der Waals surface area contributed by atoms with Crippen LogP contribution in [0.4, 0.5) is 5.82 Å². The summed E-state index contributed by atoms with van der Waals surface area (Å²) in [6.45, 7) is 9.59. The van der Waals surface area contributed by atoms with Crippen LogP contribution in [-0.2, 0) is 13.6 Å². The fraction of sp³-hybridized carbons (Fsp3) is 0.786. The molecule has 4 heteroatoms. The van der Waals surface area contributed by atoms with Gasteiger partial charge in [-0.2, -0.15) is 5.10 Å². The van der Waals surface area contributed by atoms with Gasteiger partial charge in [0.1, 0.15) is 5.82 Å². The van der Waals surface area contributed by atoms with Crippen molar-refractivity contribution in [3.63, 3.8) is 0 Å². The second-order valence-corrected chi connectivity index (χ2v) is 4.96. The number of aryl methyl sites for hydroxylation is 2. The van der Waals surface area contributed by atoms with Crippen LogP contribution < -0.4 is 10.2 Å². The van der Waals surface area contributed by atoms with Gasteiger partial charge in [0.05, 0.1) is 5.69 Å². The molecule has 0 aliphatic heterocycles. The molecule has 1 rings (SSSR count). The second kappa shape index (κ2) is 7.41. The summed E-state index contributed by atoms with van der Waals surface area (Å²) in [6, 6.07) is 0. The van der Waals surface area contributed by atoms with Crippen molar-refractivity contribution in [2.45, 2.75) is 46.6 Å². The molecular formula is C14H28N4. The second-order valence-electron chi connectivity index (χ2n) is 4.96. The van der Waals surface area contributed by atoms with Gasteiger partial charge >= 0.3 is 0 Å². The third kappa shape index (κ3) is 3.73. The predicted molar refractivity (Wildman–Crippen MR) is 78.1 cm³/mol. The molecule has 0 amide bonds. The van der Waals surface area contributed by atoms with Gasteiger partial charge in [-0.25, -0.2) is 0 Å². The van der Waals surface area contributed by atoms with Gasteiger partial charge in [0.15, 0.2) is 0 Å². The maximum Gasteiger partial charge on any atom is 0.131 e. The Kier molecular flexibility index (Phi) is 6.19. The first kappa shape index (κ1) is 15.0. The van der Waals surface area contributed by atoms with Crippen molar-refractivity contribution in [1.82, 2.24) is 15.1 Å². The molecule has 1 aromatic rings. The SMILES string of the molecule is CCCCN(C)c1c(CNCCC)c(C)nn1C. The molecule has 4 nitrogen and oxygen atoms in total. The molecule has 0 fully saturated rings. The van der Waals surface area contributed by atoms with Crippen LogP contribution in [0.1, 0.15) is 44.4 Å². The Hall–Kier alpha value is -1.03. The van der Waals surface area contributed by atoms with Gasteiger partial charge in [-0.1, -0.05) is 20.3 Å². The quantitative estimate of drug-likeness (QED) is 0.722. The first-order chi connectivity index (χ1) is 8.61. The summed E-state index contributed by atoms with van der Waals surface area (Å²) in [5.41, 5.74) is 2.48. The lowest BCUT2D eigenvalue weighted by atomic mass is 10.2. The molecule has 0 spiro atoms. The summed E-state index contributed by atoms with van der Waals surface area (Å²) in [5, 5.41) is 8.03. The van der Waals surface area contributed by atoms with Crippen molar-refractivity contribution in [3.05, 3.63) is 11.3 Å². The zero-order valence-electron chi connectivity index (χ0n) is 12.6. The van der Waals surface area contributed by atoms with Crippen LogP contribution >= 0.6 is 0 Å². The van der Waals surface area contributed by atoms with Crippen LogP contribution in [0.2, 0.25) is 0 Å². The third-order valence-corrected chi connectivity index (χ3v) is 3.25. The molecule has 1 N–H and O–H groups in total. The van der Waals surface area contributed by atoms with Crippen molar-refractivity contribution in [1.29, 1.82) is 0 Å². The summed E-state index contributed by atoms with van der Waals surface area (Å²) < 4.78 is 2.01. The third-order valence-electron chi connectivity index (χ3n) is 3.25. The largest absolute Gasteiger partial charge is 0.360 e. The maximum atomic E-state index is 4.55. The summed E-state index contributed by atoms with van der Waals surface area (Å²) in [7, 11) is 4.20. The molecule has 1 heterocycles. The Balaban J connectivity index is 2.80. The smallest absolute Gasteiger partial charge is 0.131 e. The topological polar surface area (TPSA) is 33.1 Å². The van der Waals surface area contributed by atoms with Crippen LogP contribution in [0.5, 0.6) is 0 Å². The van der Waals surface area contributed by atoms with E-state index < -0.39 is 0 Å². The number of rotatable bonds is 8. The Labute approximate surface area is 111 Å². The molecule has 18 heavy (non-hydrogen) atoms. The van der Waals surface area contributed by atoms with E-state index in [4.69, 9.17) is 0 Å². The van der Waals surface area contributed by atoms with Gasteiger partial charge in [-0.3, -0.25) is 4.68 Å². The van der Waals surface area contributed by atoms with E-state index in [9.17, 15) is 0 Å². The fourth-order valence-electron chi connectivity index (χ4n) is 2.27. The van der Waals surface area contributed by atoms with Crippen molar-refractivity contribution >= 4 is 5.82 Å². The van der Waals surface area contributed by atoms with Crippen molar-refractivity contribution in [2.75, 3.05) is 25.0 Å². The highest BCUT2D eigenvalue weighted by molar-refractivity contribution is 5.49. The maximum absolute atomic E-state index is 4.55. The minimum Gasteiger partial charge on any atom is -0.360 e. The van der Waals surface area contributed by atoms with E-state index in [2.05, 4.69) is 43.1 Å². The number of aromatic nitrogens is 2. The van der Waals surface area contributed by atoms with E-state index >= 15 is 0 Å². The van der Waals surface area contributed by atoms with E-state index in [0.717, 1.165) is 25.3 Å². The Morgan fingerprint density at radius 1 is 1.28 bits per heavy atom. The lowest BCUT2D eigenvalue weighted by Crippen LogP contribution is -2.24. The average molecular weight is 252 g/mol. The van der Waals surface area contributed by atoms with E-state index in [1.165, 1.54) is 30.6 Å². The molecule has 0 aliphatic rings. The Morgan fingerprint density at radius 3 is 2.61 bits per heavy atom. The highest BCUT2D eigenvalue weighted by Gasteiger charge is 2.15. The molecule has 104 valence electrons. The summed E-state index contributed by atoms with van der Waals surface area (Å²) >= 11 is 0. The fourth-order valence-corrected chi connectivity index (χ4v) is 2.27. The molecule has 0 radical (unpaired) electrons. The number of hydrogen-bond acceptors (Lipinski definition) is 3. The lowest BCUT2D eigenvalue weighted by Gasteiger charge is -2.21. The lowest BCUT2D eigenvalue weighted by molar-refractivity contribution is 0.666. The van der Waals surface area contributed by atoms with Crippen molar-refractivity contribution in [3.8, 4) is 0 Å². The molecule has 0 bridgehead atoms. The molecule has 0 saturated carbocycles. The highest BCUT2D eigenvalue weighted by Crippen LogP contribution is 2.22. The number of nitrogens with zero attached hydrogens (tertiary/aromatic N) is 3. The standard InChI is InChI=1S/C14H28N4/c1-6-8-10-17(4)14-13(11-15-9-7-2)12(3)16-18(14)5/h15H,6-11H2,1-5H3. The molecule has 0 aliphatic carbocycles. The summed E-state index contributed by atoms with van der Waals surface area (Å²) in [6.07, 6.45) is 3.62. The van der Waals surface area contributed by atoms with Crippen LogP contribution in [0.15, 0.2) is 0 Å². The number of anilines is 1. The van der Waals surface area contributed by atoms with Gasteiger partial charge in [-0.15, -0.1) is 0 Å². The zero-order valence-corrected chi connectivity index (χ0v) is 12.6. The monoisotopic (exact) mass is 252 g/mol. The number of unbranched alkanes of at least 4 members (excludes halogenated alkanes) is 1. The zero-order chi connectivity index (χ0) is 13.5. The molecule has 0 aromatic carbocycles. The first-order valence-corrected chi connectivity index (χ1v) is 7.06. The molecule has 1 aromatic heterocycles. The van der Waals surface area contributed by atoms with E-state index in [-0.39, 0.29) is 0 Å². The minimum absolute atomic E-state index is 0.916. The van der Waals surface area contributed by atoms with Crippen LogP contribution in [0.25, 0.3) is 0 Å². The van der Waals surface area contributed by atoms with Crippen LogP contribution in [0, 0.1) is 6.92 Å². The Bertz CT molecular complexity index is 357. The van der Waals surface area contributed by atoms with Gasteiger partial charge in [-0.05, 0) is 26.3 Å². The molecular weight excluding hydrogens is 224 g/mol. The van der Waals surface area contributed by atoms with Gasteiger partial charge < -0.3 is 10.2 Å². The van der Waals surface area contributed by atoms with Crippen LogP contribution in [-0.4, -0.2) is 29.9 Å². The Morgan fingerprint density at radius 2 is 2.00 bits per heavy atom. The molecule has 0 atom stereocenters. The number of nitrogens with one attached hydrogen (secondary N) is 1. The van der Waals surface area contributed by atoms with E-state index in [1.807, 2.05) is 11.7 Å². The van der Waals surface area contributed by atoms with E-state index in [0.29, 0.717) is 0 Å². The molecule has 0 saturated heterocycles. The van der Waals surface area contributed by atoms with Gasteiger partial charge in [0.2, 0.25) is 0 Å². The number of hydrogen-bond donors (Lipinski definition) is 1. The van der Waals surface area contributed by atoms with Crippen molar-refractivity contribution < 1.29 is 0 Å². The highest BCUT2D eigenvalue weighted by atomic mass is 15.4. The predicted octanol–water partition coefficient (Wildman–Crippen LogP) is 2.46. The normalized spacial score (nSPS) is 10.9.